The van der Waals surface area contributed by atoms with Crippen molar-refractivity contribution in [2.75, 3.05) is 0 Å². The topological polar surface area (TPSA) is 44.0 Å². The Morgan fingerprint density at radius 1 is 1.69 bits per heavy atom. The molecule has 0 heterocycles. The first-order valence-corrected chi connectivity index (χ1v) is 4.52. The van der Waals surface area contributed by atoms with Crippen LogP contribution in [0.1, 0.15) is 27.2 Å². The molecule has 0 aromatic rings. The highest BCUT2D eigenvalue weighted by molar-refractivity contribution is 5.32. The second-order valence-corrected chi connectivity index (χ2v) is 4.35. The molecule has 1 unspecified atom stereocenters. The Morgan fingerprint density at radius 2 is 2.23 bits per heavy atom. The Labute approximate surface area is 79.6 Å². The molecule has 1 aliphatic rings. The molecule has 2 heteroatoms. The number of nitriles is 1. The van der Waals surface area contributed by atoms with Crippen LogP contribution in [0.5, 0.6) is 0 Å². The summed E-state index contributed by atoms with van der Waals surface area (Å²) in [5.41, 5.74) is -1.98. The third-order valence-electron chi connectivity index (χ3n) is 3.16. The first kappa shape index (κ1) is 10.1. The Balaban J connectivity index is 2.93. The van der Waals surface area contributed by atoms with Crippen molar-refractivity contribution in [2.45, 2.75) is 32.8 Å². The van der Waals surface area contributed by atoms with Crippen molar-refractivity contribution >= 4 is 0 Å². The fourth-order valence-electron chi connectivity index (χ4n) is 2.06. The van der Waals surface area contributed by atoms with E-state index in [1.165, 1.54) is 6.92 Å². The van der Waals surface area contributed by atoms with Gasteiger partial charge in [-0.1, -0.05) is 19.8 Å². The average molecular weight is 177 g/mol. The Morgan fingerprint density at radius 3 is 2.46 bits per heavy atom. The lowest BCUT2D eigenvalue weighted by Crippen LogP contribution is -2.35. The van der Waals surface area contributed by atoms with Crippen molar-refractivity contribution < 1.29 is 5.11 Å². The molecule has 0 spiro atoms. The summed E-state index contributed by atoms with van der Waals surface area (Å²) in [6, 6.07) is 1.89. The molecule has 0 radical (unpaired) electrons. The number of hydrogen-bond acceptors (Lipinski definition) is 2. The minimum Gasteiger partial charge on any atom is -0.374 e. The summed E-state index contributed by atoms with van der Waals surface area (Å²) in [7, 11) is 0. The lowest BCUT2D eigenvalue weighted by atomic mass is 9.83. The van der Waals surface area contributed by atoms with Crippen molar-refractivity contribution in [3.63, 3.8) is 0 Å². The predicted molar refractivity (Wildman–Crippen MR) is 50.4 cm³/mol. The van der Waals surface area contributed by atoms with Crippen molar-refractivity contribution in [2.24, 2.45) is 17.3 Å². The van der Waals surface area contributed by atoms with E-state index < -0.39 is 11.0 Å². The quantitative estimate of drug-likeness (QED) is 0.514. The van der Waals surface area contributed by atoms with Crippen LogP contribution in [-0.4, -0.2) is 10.7 Å². The van der Waals surface area contributed by atoms with Crippen LogP contribution in [-0.2, 0) is 0 Å². The van der Waals surface area contributed by atoms with Gasteiger partial charge in [-0.15, -0.1) is 6.42 Å². The van der Waals surface area contributed by atoms with Crippen LogP contribution in [0, 0.1) is 40.9 Å². The van der Waals surface area contributed by atoms with E-state index in [-0.39, 0.29) is 5.92 Å². The minimum atomic E-state index is -1.38. The van der Waals surface area contributed by atoms with Gasteiger partial charge in [0.2, 0.25) is 0 Å². The number of hydrogen-bond donors (Lipinski definition) is 1. The van der Waals surface area contributed by atoms with E-state index in [0.29, 0.717) is 5.92 Å². The van der Waals surface area contributed by atoms with Gasteiger partial charge in [-0.2, -0.15) is 5.26 Å². The molecule has 0 aromatic carbocycles. The lowest BCUT2D eigenvalue weighted by molar-refractivity contribution is 0.0551. The van der Waals surface area contributed by atoms with Crippen molar-refractivity contribution in [1.29, 1.82) is 5.26 Å². The van der Waals surface area contributed by atoms with E-state index >= 15 is 0 Å². The molecular weight excluding hydrogens is 162 g/mol. The van der Waals surface area contributed by atoms with Gasteiger partial charge >= 0.3 is 0 Å². The maximum absolute atomic E-state index is 9.83. The van der Waals surface area contributed by atoms with Crippen molar-refractivity contribution in [3.8, 4) is 18.4 Å². The Kier molecular flexibility index (Phi) is 2.14. The van der Waals surface area contributed by atoms with Crippen LogP contribution in [0.25, 0.3) is 0 Å². The second-order valence-electron chi connectivity index (χ2n) is 4.35. The molecule has 0 aromatic heterocycles. The van der Waals surface area contributed by atoms with E-state index in [1.807, 2.05) is 6.07 Å². The van der Waals surface area contributed by atoms with Crippen LogP contribution in [0.2, 0.25) is 0 Å². The monoisotopic (exact) mass is 177 g/mol. The number of nitrogens with zero attached hydrogens (tertiary/aromatic N) is 1. The van der Waals surface area contributed by atoms with Gasteiger partial charge in [-0.25, -0.2) is 0 Å². The fraction of sp³-hybridized carbons (Fsp3) is 0.727. The standard InChI is InChI=1S/C11H15NO/c1-5-11(10(4,13)7-12)6-9(11)8(2)3/h1,8-9,13H,6H2,2-4H3/t9-,10?,11+/m0/s1. The zero-order valence-corrected chi connectivity index (χ0v) is 8.33. The van der Waals surface area contributed by atoms with Crippen LogP contribution in [0.15, 0.2) is 0 Å². The third-order valence-corrected chi connectivity index (χ3v) is 3.16. The number of aliphatic hydroxyl groups is 1. The van der Waals surface area contributed by atoms with Crippen LogP contribution in [0.3, 0.4) is 0 Å². The van der Waals surface area contributed by atoms with Gasteiger partial charge in [0, 0.05) is 0 Å². The molecule has 70 valence electrons. The van der Waals surface area contributed by atoms with Gasteiger partial charge in [-0.05, 0) is 25.2 Å². The SMILES string of the molecule is C#C[C@@]1(C(C)(O)C#N)C[C@H]1C(C)C. The van der Waals surface area contributed by atoms with E-state index in [2.05, 4.69) is 19.8 Å². The molecular formula is C11H15NO. The van der Waals surface area contributed by atoms with E-state index in [1.54, 1.807) is 0 Å². The van der Waals surface area contributed by atoms with Gasteiger partial charge in [0.05, 0.1) is 11.5 Å². The van der Waals surface area contributed by atoms with Crippen LogP contribution < -0.4 is 0 Å². The normalized spacial score (nSPS) is 36.1. The molecule has 0 saturated heterocycles. The van der Waals surface area contributed by atoms with Gasteiger partial charge in [0.15, 0.2) is 5.60 Å². The van der Waals surface area contributed by atoms with E-state index in [4.69, 9.17) is 11.7 Å². The summed E-state index contributed by atoms with van der Waals surface area (Å²) in [4.78, 5) is 0. The second kappa shape index (κ2) is 2.76. The summed E-state index contributed by atoms with van der Waals surface area (Å²) in [5.74, 6) is 3.31. The molecule has 13 heavy (non-hydrogen) atoms. The minimum absolute atomic E-state index is 0.284. The van der Waals surface area contributed by atoms with E-state index in [0.717, 1.165) is 6.42 Å². The van der Waals surface area contributed by atoms with E-state index in [9.17, 15) is 5.11 Å². The zero-order chi connectivity index (χ0) is 10.3. The molecule has 0 bridgehead atoms. The highest BCUT2D eigenvalue weighted by atomic mass is 16.3. The summed E-state index contributed by atoms with van der Waals surface area (Å²) in [6.45, 7) is 5.64. The molecule has 1 aliphatic carbocycles. The highest BCUT2D eigenvalue weighted by Crippen LogP contribution is 2.61. The molecule has 0 aliphatic heterocycles. The summed E-state index contributed by atoms with van der Waals surface area (Å²) < 4.78 is 0. The maximum atomic E-state index is 9.83. The number of rotatable bonds is 2. The molecule has 3 atom stereocenters. The summed E-state index contributed by atoms with van der Waals surface area (Å²) in [5, 5.41) is 18.6. The average Bonchev–Trinajstić information content (AvgIpc) is 2.80. The molecule has 1 fully saturated rings. The third kappa shape index (κ3) is 1.23. The van der Waals surface area contributed by atoms with Crippen molar-refractivity contribution in [3.05, 3.63) is 0 Å². The van der Waals surface area contributed by atoms with Gasteiger partial charge < -0.3 is 5.11 Å². The molecule has 1 N–H and O–H groups in total. The first-order valence-electron chi connectivity index (χ1n) is 4.52. The number of terminal acetylenes is 1. The molecule has 1 rings (SSSR count). The lowest BCUT2D eigenvalue weighted by Gasteiger charge is -2.23. The predicted octanol–water partition coefficient (Wildman–Crippen LogP) is 1.56. The van der Waals surface area contributed by atoms with Gasteiger partial charge in [0.25, 0.3) is 0 Å². The molecule has 1 saturated carbocycles. The van der Waals surface area contributed by atoms with Crippen LogP contribution >= 0.6 is 0 Å². The Bertz CT molecular complexity index is 292. The first-order chi connectivity index (χ1) is 5.91. The Hall–Kier alpha value is -0.990. The van der Waals surface area contributed by atoms with Gasteiger partial charge in [-0.3, -0.25) is 0 Å². The smallest absolute Gasteiger partial charge is 0.164 e. The highest BCUT2D eigenvalue weighted by Gasteiger charge is 2.65. The fourth-order valence-corrected chi connectivity index (χ4v) is 2.06. The van der Waals surface area contributed by atoms with Crippen LogP contribution in [0.4, 0.5) is 0 Å². The zero-order valence-electron chi connectivity index (χ0n) is 8.33. The van der Waals surface area contributed by atoms with Gasteiger partial charge in [0.1, 0.15) is 0 Å². The summed E-state index contributed by atoms with van der Waals surface area (Å²) >= 11 is 0. The molecule has 2 nitrogen and oxygen atoms in total. The molecule has 0 amide bonds. The maximum Gasteiger partial charge on any atom is 0.164 e. The largest absolute Gasteiger partial charge is 0.374 e. The van der Waals surface area contributed by atoms with Crippen molar-refractivity contribution in [1.82, 2.24) is 0 Å². The summed E-state index contributed by atoms with van der Waals surface area (Å²) in [6.07, 6.45) is 6.16.